The van der Waals surface area contributed by atoms with Crippen LogP contribution < -0.4 is 10.1 Å². The number of nitrogens with zero attached hydrogens (tertiary/aromatic N) is 3. The number of likely N-dealkylation sites (N-methyl/N-ethyl adjacent to an activating group) is 1. The van der Waals surface area contributed by atoms with Crippen molar-refractivity contribution >= 4 is 23.8 Å². The van der Waals surface area contributed by atoms with E-state index in [2.05, 4.69) is 5.32 Å². The summed E-state index contributed by atoms with van der Waals surface area (Å²) in [6, 6.07) is 15.6. The molecule has 0 radical (unpaired) electrons. The van der Waals surface area contributed by atoms with E-state index in [0.29, 0.717) is 60.9 Å². The van der Waals surface area contributed by atoms with E-state index < -0.39 is 6.04 Å². The van der Waals surface area contributed by atoms with E-state index in [-0.39, 0.29) is 42.8 Å². The number of hydrogen-bond donors (Lipinski definition) is 1. The molecule has 0 saturated carbocycles. The SMILES string of the molecule is CCOC(=O)C1CCN(C(=O)CN2CC3=C(C2=O)[C@@H](c2cccc(Oc4ccccc4)c2)NC(=O)N3C)CC1. The van der Waals surface area contributed by atoms with Crippen LogP contribution in [0.5, 0.6) is 11.5 Å². The van der Waals surface area contributed by atoms with Gasteiger partial charge in [-0.05, 0) is 49.6 Å². The largest absolute Gasteiger partial charge is 0.466 e. The Bertz CT molecular complexity index is 1300. The van der Waals surface area contributed by atoms with Gasteiger partial charge in [0.25, 0.3) is 5.91 Å². The first-order chi connectivity index (χ1) is 18.9. The Hall–Kier alpha value is -4.34. The molecule has 5 rings (SSSR count). The molecule has 0 aromatic heterocycles. The van der Waals surface area contributed by atoms with E-state index in [1.54, 1.807) is 18.9 Å². The Morgan fingerprint density at radius 1 is 1.00 bits per heavy atom. The Morgan fingerprint density at radius 2 is 1.72 bits per heavy atom. The minimum atomic E-state index is -0.670. The minimum absolute atomic E-state index is 0.0954. The molecule has 0 unspecified atom stereocenters. The molecule has 3 heterocycles. The highest BCUT2D eigenvalue weighted by molar-refractivity contribution is 6.03. The van der Waals surface area contributed by atoms with E-state index in [1.807, 2.05) is 54.6 Å². The third kappa shape index (κ3) is 5.45. The van der Waals surface area contributed by atoms with Crippen LogP contribution in [0, 0.1) is 5.92 Å². The number of ether oxygens (including phenoxy) is 2. The van der Waals surface area contributed by atoms with Crippen LogP contribution in [0.1, 0.15) is 31.4 Å². The number of likely N-dealkylation sites (tertiary alicyclic amines) is 1. The van der Waals surface area contributed by atoms with E-state index in [1.165, 1.54) is 9.80 Å². The molecule has 0 bridgehead atoms. The highest BCUT2D eigenvalue weighted by atomic mass is 16.5. The van der Waals surface area contributed by atoms with Gasteiger partial charge in [-0.15, -0.1) is 0 Å². The van der Waals surface area contributed by atoms with E-state index in [9.17, 15) is 19.2 Å². The topological polar surface area (TPSA) is 108 Å². The van der Waals surface area contributed by atoms with Crippen molar-refractivity contribution in [3.05, 3.63) is 71.4 Å². The molecular formula is C29H32N4O6. The van der Waals surface area contributed by atoms with Crippen LogP contribution in [-0.4, -0.2) is 78.3 Å². The molecule has 1 N–H and O–H groups in total. The van der Waals surface area contributed by atoms with Gasteiger partial charge in [0, 0.05) is 20.1 Å². The average Bonchev–Trinajstić information content (AvgIpc) is 3.27. The summed E-state index contributed by atoms with van der Waals surface area (Å²) in [7, 11) is 1.62. The summed E-state index contributed by atoms with van der Waals surface area (Å²) < 4.78 is 11.1. The van der Waals surface area contributed by atoms with Gasteiger partial charge in [-0.3, -0.25) is 19.3 Å². The number of carbonyl (C=O) groups is 4. The van der Waals surface area contributed by atoms with Gasteiger partial charge in [-0.25, -0.2) is 4.79 Å². The second-order valence-electron chi connectivity index (χ2n) is 9.86. The summed E-state index contributed by atoms with van der Waals surface area (Å²) >= 11 is 0. The van der Waals surface area contributed by atoms with Crippen molar-refractivity contribution in [2.45, 2.75) is 25.8 Å². The van der Waals surface area contributed by atoms with Gasteiger partial charge in [0.15, 0.2) is 0 Å². The number of carbonyl (C=O) groups excluding carboxylic acids is 4. The smallest absolute Gasteiger partial charge is 0.322 e. The van der Waals surface area contributed by atoms with Gasteiger partial charge in [-0.1, -0.05) is 30.3 Å². The summed E-state index contributed by atoms with van der Waals surface area (Å²) in [6.07, 6.45) is 1.08. The zero-order chi connectivity index (χ0) is 27.5. The molecule has 2 aromatic rings. The average molecular weight is 533 g/mol. The van der Waals surface area contributed by atoms with Crippen LogP contribution in [0.25, 0.3) is 0 Å². The minimum Gasteiger partial charge on any atom is -0.466 e. The van der Waals surface area contributed by atoms with Crippen molar-refractivity contribution < 1.29 is 28.7 Å². The van der Waals surface area contributed by atoms with E-state index in [0.717, 1.165) is 0 Å². The molecule has 10 heteroatoms. The summed E-state index contributed by atoms with van der Waals surface area (Å²) in [5.74, 6) is 0.367. The monoisotopic (exact) mass is 532 g/mol. The molecule has 1 saturated heterocycles. The van der Waals surface area contributed by atoms with Gasteiger partial charge < -0.3 is 24.6 Å². The molecule has 10 nitrogen and oxygen atoms in total. The Balaban J connectivity index is 1.29. The molecule has 39 heavy (non-hydrogen) atoms. The van der Waals surface area contributed by atoms with Crippen LogP contribution in [0.4, 0.5) is 4.79 Å². The normalized spacial score (nSPS) is 19.6. The highest BCUT2D eigenvalue weighted by Crippen LogP contribution is 2.37. The predicted molar refractivity (Wildman–Crippen MR) is 142 cm³/mol. The lowest BCUT2D eigenvalue weighted by atomic mass is 9.95. The van der Waals surface area contributed by atoms with Crippen LogP contribution in [0.3, 0.4) is 0 Å². The van der Waals surface area contributed by atoms with Gasteiger partial charge in [0.1, 0.15) is 18.0 Å². The number of hydrogen-bond acceptors (Lipinski definition) is 6. The Labute approximate surface area is 227 Å². The lowest BCUT2D eigenvalue weighted by Crippen LogP contribution is -2.46. The van der Waals surface area contributed by atoms with E-state index >= 15 is 0 Å². The highest BCUT2D eigenvalue weighted by Gasteiger charge is 2.44. The maximum atomic E-state index is 13.6. The van der Waals surface area contributed by atoms with Gasteiger partial charge in [-0.2, -0.15) is 0 Å². The molecule has 1 fully saturated rings. The van der Waals surface area contributed by atoms with Crippen LogP contribution in [0.2, 0.25) is 0 Å². The standard InChI is InChI=1S/C29H32N4O6/c1-3-38-28(36)19-12-14-32(15-13-19)24(34)18-33-17-23-25(27(33)35)26(30-29(37)31(23)2)20-8-7-11-22(16-20)39-21-9-5-4-6-10-21/h4-11,16,19,26H,3,12-15,17-18H2,1-2H3,(H,30,37)/t26-/m1/s1. The van der Waals surface area contributed by atoms with Crippen LogP contribution in [0.15, 0.2) is 65.9 Å². The lowest BCUT2D eigenvalue weighted by molar-refractivity contribution is -0.151. The molecule has 2 aromatic carbocycles. The van der Waals surface area contributed by atoms with Gasteiger partial charge >= 0.3 is 12.0 Å². The molecule has 1 atom stereocenters. The van der Waals surface area contributed by atoms with Crippen LogP contribution in [-0.2, 0) is 19.1 Å². The number of rotatable bonds is 7. The number of amides is 4. The van der Waals surface area contributed by atoms with Crippen LogP contribution >= 0.6 is 0 Å². The van der Waals surface area contributed by atoms with Crippen molar-refractivity contribution in [3.8, 4) is 11.5 Å². The summed E-state index contributed by atoms with van der Waals surface area (Å²) in [5.41, 5.74) is 1.74. The summed E-state index contributed by atoms with van der Waals surface area (Å²) in [5, 5.41) is 2.93. The lowest BCUT2D eigenvalue weighted by Gasteiger charge is -2.32. The fourth-order valence-corrected chi connectivity index (χ4v) is 5.27. The Kier molecular flexibility index (Phi) is 7.53. The van der Waals surface area contributed by atoms with Gasteiger partial charge in [0.05, 0.1) is 36.4 Å². The second kappa shape index (κ2) is 11.2. The third-order valence-electron chi connectivity index (χ3n) is 7.40. The van der Waals surface area contributed by atoms with Crippen molar-refractivity contribution in [1.82, 2.24) is 20.0 Å². The Morgan fingerprint density at radius 3 is 2.44 bits per heavy atom. The first-order valence-corrected chi connectivity index (χ1v) is 13.2. The second-order valence-corrected chi connectivity index (χ2v) is 9.86. The molecule has 3 aliphatic rings. The van der Waals surface area contributed by atoms with Crippen molar-refractivity contribution in [2.75, 3.05) is 39.8 Å². The number of para-hydroxylation sites is 1. The van der Waals surface area contributed by atoms with Crippen molar-refractivity contribution in [1.29, 1.82) is 0 Å². The summed E-state index contributed by atoms with van der Waals surface area (Å²) in [6.45, 7) is 3.06. The zero-order valence-electron chi connectivity index (χ0n) is 22.1. The number of nitrogens with one attached hydrogen (secondary N) is 1. The number of piperidine rings is 1. The molecule has 4 amide bonds. The fraction of sp³-hybridized carbons (Fsp3) is 0.379. The fourth-order valence-electron chi connectivity index (χ4n) is 5.27. The number of urea groups is 1. The van der Waals surface area contributed by atoms with Crippen molar-refractivity contribution in [2.24, 2.45) is 5.92 Å². The zero-order valence-corrected chi connectivity index (χ0v) is 22.1. The number of esters is 1. The first-order valence-electron chi connectivity index (χ1n) is 13.2. The van der Waals surface area contributed by atoms with Gasteiger partial charge in [0.2, 0.25) is 5.91 Å². The first kappa shape index (κ1) is 26.3. The number of benzene rings is 2. The maximum Gasteiger partial charge on any atom is 0.322 e. The quantitative estimate of drug-likeness (QED) is 0.549. The third-order valence-corrected chi connectivity index (χ3v) is 7.40. The van der Waals surface area contributed by atoms with Crippen molar-refractivity contribution in [3.63, 3.8) is 0 Å². The molecule has 0 spiro atoms. The molecule has 204 valence electrons. The maximum absolute atomic E-state index is 13.6. The summed E-state index contributed by atoms with van der Waals surface area (Å²) in [4.78, 5) is 56.2. The van der Waals surface area contributed by atoms with E-state index in [4.69, 9.17) is 9.47 Å². The molecule has 3 aliphatic heterocycles. The molecular weight excluding hydrogens is 500 g/mol. The predicted octanol–water partition coefficient (Wildman–Crippen LogP) is 3.07. The molecule has 0 aliphatic carbocycles.